The molecule has 0 amide bonds. The molecule has 0 aliphatic heterocycles. The van der Waals surface area contributed by atoms with E-state index in [1.807, 2.05) is 42.7 Å². The first-order valence-electron chi connectivity index (χ1n) is 12.0. The molecule has 4 heteroatoms. The van der Waals surface area contributed by atoms with Gasteiger partial charge in [0.25, 0.3) is 0 Å². The topological polar surface area (TPSA) is 59.9 Å². The Morgan fingerprint density at radius 1 is 1.00 bits per heavy atom. The van der Waals surface area contributed by atoms with Crippen molar-refractivity contribution in [1.82, 2.24) is 9.97 Å². The monoisotopic (exact) mass is 420 g/mol. The lowest BCUT2D eigenvalue weighted by Gasteiger charge is -2.27. The summed E-state index contributed by atoms with van der Waals surface area (Å²) in [4.78, 5) is 35.3. The number of aryl methyl sites for hydroxylation is 1. The zero-order valence-electron chi connectivity index (χ0n) is 19.1. The minimum Gasteiger partial charge on any atom is -0.299 e. The summed E-state index contributed by atoms with van der Waals surface area (Å²) < 4.78 is 0. The first kappa shape index (κ1) is 23.3. The highest BCUT2D eigenvalue weighted by molar-refractivity contribution is 6.06. The van der Waals surface area contributed by atoms with Crippen molar-refractivity contribution < 1.29 is 9.59 Å². The summed E-state index contributed by atoms with van der Waals surface area (Å²) in [6.07, 6.45) is 14.3. The van der Waals surface area contributed by atoms with Crippen molar-refractivity contribution in [1.29, 1.82) is 0 Å². The lowest BCUT2D eigenvalue weighted by Crippen LogP contribution is -2.34. The Morgan fingerprint density at radius 3 is 2.35 bits per heavy atom. The van der Waals surface area contributed by atoms with Gasteiger partial charge in [-0.1, -0.05) is 76.3 Å². The lowest BCUT2D eigenvalue weighted by molar-refractivity contribution is -0.135. The zero-order valence-corrected chi connectivity index (χ0v) is 19.1. The van der Waals surface area contributed by atoms with Crippen molar-refractivity contribution in [3.8, 4) is 0 Å². The summed E-state index contributed by atoms with van der Waals surface area (Å²) in [7, 11) is 0. The van der Waals surface area contributed by atoms with Gasteiger partial charge in [-0.15, -0.1) is 0 Å². The van der Waals surface area contributed by atoms with Gasteiger partial charge in [0, 0.05) is 18.8 Å². The van der Waals surface area contributed by atoms with Crippen LogP contribution in [0.1, 0.15) is 94.5 Å². The summed E-state index contributed by atoms with van der Waals surface area (Å²) in [6, 6.07) is 9.65. The molecule has 2 aromatic rings. The molecule has 1 aromatic heterocycles. The highest BCUT2D eigenvalue weighted by atomic mass is 16.2. The third-order valence-electron chi connectivity index (χ3n) is 6.45. The lowest BCUT2D eigenvalue weighted by atomic mass is 9.75. The van der Waals surface area contributed by atoms with Crippen LogP contribution in [0.3, 0.4) is 0 Å². The van der Waals surface area contributed by atoms with Crippen LogP contribution < -0.4 is 0 Å². The van der Waals surface area contributed by atoms with E-state index < -0.39 is 11.8 Å². The van der Waals surface area contributed by atoms with E-state index >= 15 is 0 Å². The largest absolute Gasteiger partial charge is 0.299 e. The van der Waals surface area contributed by atoms with Crippen LogP contribution in [0.4, 0.5) is 0 Å². The van der Waals surface area contributed by atoms with Gasteiger partial charge >= 0.3 is 0 Å². The van der Waals surface area contributed by atoms with Crippen molar-refractivity contribution in [3.05, 3.63) is 59.7 Å². The number of nitrogens with zero attached hydrogens (tertiary/aromatic N) is 2. The standard InChI is InChI=1S/C27H36N2O2/c1-3-4-5-6-7-9-12-21-18-28-27(29-19-21)25(22-13-10-8-11-14-22)26(31)23-16-15-20(2)17-24(23)30/h8,10-11,13-14,18-20,23,25H,3-7,9,12,15-17H2,1-2H3. The summed E-state index contributed by atoms with van der Waals surface area (Å²) in [5.41, 5.74) is 1.98. The Labute approximate surface area is 186 Å². The van der Waals surface area contributed by atoms with Gasteiger partial charge < -0.3 is 0 Å². The quantitative estimate of drug-likeness (QED) is 0.326. The molecule has 1 fully saturated rings. The molecule has 0 saturated heterocycles. The molecular formula is C27H36N2O2. The molecule has 1 aromatic carbocycles. The minimum absolute atomic E-state index is 0.0493. The van der Waals surface area contributed by atoms with Crippen LogP contribution in [0.5, 0.6) is 0 Å². The molecule has 1 aliphatic carbocycles. The zero-order chi connectivity index (χ0) is 22.1. The van der Waals surface area contributed by atoms with Crippen LogP contribution in [0.25, 0.3) is 0 Å². The fraction of sp³-hybridized carbons (Fsp3) is 0.556. The van der Waals surface area contributed by atoms with Gasteiger partial charge in [0.05, 0.1) is 5.92 Å². The highest BCUT2D eigenvalue weighted by Crippen LogP contribution is 2.33. The average molecular weight is 421 g/mol. The smallest absolute Gasteiger partial charge is 0.158 e. The summed E-state index contributed by atoms with van der Waals surface area (Å²) in [6.45, 7) is 4.32. The van der Waals surface area contributed by atoms with E-state index in [0.29, 0.717) is 24.6 Å². The molecule has 0 spiro atoms. The maximum atomic E-state index is 13.5. The SMILES string of the molecule is CCCCCCCCc1cnc(C(C(=O)C2CCC(C)CC2=O)c2ccccc2)nc1. The molecule has 0 radical (unpaired) electrons. The van der Waals surface area contributed by atoms with Gasteiger partial charge in [-0.05, 0) is 42.7 Å². The van der Waals surface area contributed by atoms with Crippen molar-refractivity contribution in [2.45, 2.75) is 84.0 Å². The fourth-order valence-corrected chi connectivity index (χ4v) is 4.54. The number of benzene rings is 1. The number of rotatable bonds is 11. The van der Waals surface area contributed by atoms with E-state index in [1.54, 1.807) is 0 Å². The summed E-state index contributed by atoms with van der Waals surface area (Å²) in [5.74, 6) is -0.214. The normalized spacial score (nSPS) is 19.9. The number of carbonyl (C=O) groups excluding carboxylic acids is 2. The molecular weight excluding hydrogens is 384 g/mol. The number of carbonyl (C=O) groups is 2. The molecule has 3 unspecified atom stereocenters. The molecule has 0 bridgehead atoms. The second-order valence-electron chi connectivity index (χ2n) is 9.12. The number of unbranched alkanes of at least 4 members (excludes halogenated alkanes) is 5. The van der Waals surface area contributed by atoms with Gasteiger partial charge in [0.1, 0.15) is 17.5 Å². The van der Waals surface area contributed by atoms with E-state index in [2.05, 4.69) is 23.8 Å². The van der Waals surface area contributed by atoms with Gasteiger partial charge in [0.15, 0.2) is 5.78 Å². The maximum absolute atomic E-state index is 13.5. The van der Waals surface area contributed by atoms with Crippen LogP contribution >= 0.6 is 0 Å². The highest BCUT2D eigenvalue weighted by Gasteiger charge is 2.38. The Hall–Kier alpha value is -2.36. The molecule has 3 rings (SSSR count). The van der Waals surface area contributed by atoms with E-state index in [0.717, 1.165) is 30.4 Å². The van der Waals surface area contributed by atoms with Gasteiger partial charge in [-0.2, -0.15) is 0 Å². The molecule has 0 N–H and O–H groups in total. The molecule has 3 atom stereocenters. The van der Waals surface area contributed by atoms with Gasteiger partial charge in [-0.25, -0.2) is 9.97 Å². The summed E-state index contributed by atoms with van der Waals surface area (Å²) >= 11 is 0. The van der Waals surface area contributed by atoms with E-state index in [9.17, 15) is 9.59 Å². The first-order chi connectivity index (χ1) is 15.1. The van der Waals surface area contributed by atoms with Crippen LogP contribution in [-0.2, 0) is 16.0 Å². The third kappa shape index (κ3) is 6.56. The van der Waals surface area contributed by atoms with Crippen LogP contribution in [-0.4, -0.2) is 21.5 Å². The molecule has 1 saturated carbocycles. The fourth-order valence-electron chi connectivity index (χ4n) is 4.54. The molecule has 4 nitrogen and oxygen atoms in total. The van der Waals surface area contributed by atoms with Crippen molar-refractivity contribution >= 4 is 11.6 Å². The number of aromatic nitrogens is 2. The van der Waals surface area contributed by atoms with Crippen molar-refractivity contribution in [2.75, 3.05) is 0 Å². The second kappa shape index (κ2) is 11.9. The molecule has 166 valence electrons. The Bertz CT molecular complexity index is 832. The van der Waals surface area contributed by atoms with Gasteiger partial charge in [-0.3, -0.25) is 9.59 Å². The van der Waals surface area contributed by atoms with Crippen molar-refractivity contribution in [2.24, 2.45) is 11.8 Å². The van der Waals surface area contributed by atoms with Gasteiger partial charge in [0.2, 0.25) is 0 Å². The van der Waals surface area contributed by atoms with E-state index in [1.165, 1.54) is 32.1 Å². The first-order valence-corrected chi connectivity index (χ1v) is 12.0. The molecule has 1 aliphatic rings. The Morgan fingerprint density at radius 2 is 1.68 bits per heavy atom. The predicted molar refractivity (Wildman–Crippen MR) is 124 cm³/mol. The number of hydrogen-bond acceptors (Lipinski definition) is 4. The van der Waals surface area contributed by atoms with Crippen LogP contribution in [0.15, 0.2) is 42.7 Å². The number of Topliss-reactive ketones (excluding diaryl/α,β-unsaturated/α-hetero) is 2. The third-order valence-corrected chi connectivity index (χ3v) is 6.45. The average Bonchev–Trinajstić information content (AvgIpc) is 2.78. The molecule has 31 heavy (non-hydrogen) atoms. The minimum atomic E-state index is -0.577. The Balaban J connectivity index is 1.71. The van der Waals surface area contributed by atoms with Crippen molar-refractivity contribution in [3.63, 3.8) is 0 Å². The van der Waals surface area contributed by atoms with Crippen LogP contribution in [0.2, 0.25) is 0 Å². The number of hydrogen-bond donors (Lipinski definition) is 0. The van der Waals surface area contributed by atoms with E-state index in [-0.39, 0.29) is 11.6 Å². The maximum Gasteiger partial charge on any atom is 0.158 e. The second-order valence-corrected chi connectivity index (χ2v) is 9.12. The summed E-state index contributed by atoms with van der Waals surface area (Å²) in [5, 5.41) is 0. The molecule has 1 heterocycles. The Kier molecular flexibility index (Phi) is 8.93. The van der Waals surface area contributed by atoms with E-state index in [4.69, 9.17) is 0 Å². The predicted octanol–water partition coefficient (Wildman–Crippen LogP) is 6.09. The van der Waals surface area contributed by atoms with Crippen LogP contribution in [0, 0.1) is 11.8 Å². The number of ketones is 2.